The maximum absolute atomic E-state index is 11.9. The number of benzene rings is 2. The first-order valence-electron chi connectivity index (χ1n) is 8.20. The second kappa shape index (κ2) is 9.48. The number of thiocarbonyl (C=S) groups is 1. The Kier molecular flexibility index (Phi) is 7.05. The Morgan fingerprint density at radius 1 is 0.962 bits per heavy atom. The molecule has 0 radical (unpaired) electrons. The van der Waals surface area contributed by atoms with E-state index in [-0.39, 0.29) is 22.8 Å². The second-order valence-corrected chi connectivity index (χ2v) is 6.32. The lowest BCUT2D eigenvalue weighted by molar-refractivity contribution is -0.119. The highest BCUT2D eigenvalue weighted by atomic mass is 32.1. The molecule has 0 aromatic heterocycles. The van der Waals surface area contributed by atoms with Crippen LogP contribution in [0.25, 0.3) is 6.08 Å². The van der Waals surface area contributed by atoms with Gasteiger partial charge >= 0.3 is 0 Å². The summed E-state index contributed by atoms with van der Waals surface area (Å²) in [5.41, 5.74) is 2.26. The van der Waals surface area contributed by atoms with Crippen LogP contribution in [0.2, 0.25) is 0 Å². The molecule has 0 spiro atoms. The number of hydrogen-bond acceptors (Lipinski definition) is 3. The molecule has 2 aromatic carbocycles. The summed E-state index contributed by atoms with van der Waals surface area (Å²) in [5.74, 6) is -0.497. The van der Waals surface area contributed by atoms with E-state index in [4.69, 9.17) is 12.2 Å². The normalized spacial score (nSPS) is 10.6. The Balaban J connectivity index is 1.90. The maximum atomic E-state index is 11.9. The third-order valence-electron chi connectivity index (χ3n) is 3.38. The predicted molar refractivity (Wildman–Crippen MR) is 110 cm³/mol. The van der Waals surface area contributed by atoms with Crippen molar-refractivity contribution in [2.24, 2.45) is 5.92 Å². The average Bonchev–Trinajstić information content (AvgIpc) is 2.61. The predicted octanol–water partition coefficient (Wildman–Crippen LogP) is 3.81. The van der Waals surface area contributed by atoms with Gasteiger partial charge in [0, 0.05) is 23.4 Å². The van der Waals surface area contributed by atoms with Gasteiger partial charge in [0.15, 0.2) is 5.11 Å². The molecule has 26 heavy (non-hydrogen) atoms. The van der Waals surface area contributed by atoms with E-state index in [1.807, 2.05) is 44.2 Å². The van der Waals surface area contributed by atoms with Crippen LogP contribution in [0.1, 0.15) is 19.4 Å². The van der Waals surface area contributed by atoms with Crippen molar-refractivity contribution in [2.75, 3.05) is 10.6 Å². The summed E-state index contributed by atoms with van der Waals surface area (Å²) in [6, 6.07) is 16.6. The van der Waals surface area contributed by atoms with E-state index >= 15 is 0 Å². The van der Waals surface area contributed by atoms with E-state index in [0.29, 0.717) is 11.4 Å². The first-order valence-corrected chi connectivity index (χ1v) is 8.61. The summed E-state index contributed by atoms with van der Waals surface area (Å²) in [7, 11) is 0. The largest absolute Gasteiger partial charge is 0.332 e. The number of hydrogen-bond donors (Lipinski definition) is 3. The van der Waals surface area contributed by atoms with E-state index in [0.717, 1.165) is 5.56 Å². The van der Waals surface area contributed by atoms with Crippen molar-refractivity contribution >= 4 is 46.6 Å². The molecule has 134 valence electrons. The van der Waals surface area contributed by atoms with Gasteiger partial charge in [0.25, 0.3) is 0 Å². The quantitative estimate of drug-likeness (QED) is 0.555. The van der Waals surface area contributed by atoms with Gasteiger partial charge in [-0.05, 0) is 42.1 Å². The number of anilines is 2. The van der Waals surface area contributed by atoms with Crippen LogP contribution in [0.3, 0.4) is 0 Å². The van der Waals surface area contributed by atoms with Gasteiger partial charge in [-0.3, -0.25) is 14.9 Å². The topological polar surface area (TPSA) is 70.2 Å². The van der Waals surface area contributed by atoms with Crippen LogP contribution in [0.15, 0.2) is 60.7 Å². The number of rotatable bonds is 5. The molecule has 0 aliphatic rings. The van der Waals surface area contributed by atoms with Gasteiger partial charge in [0.2, 0.25) is 11.8 Å². The highest BCUT2D eigenvalue weighted by molar-refractivity contribution is 7.80. The van der Waals surface area contributed by atoms with Crippen molar-refractivity contribution in [3.8, 4) is 0 Å². The van der Waals surface area contributed by atoms with Gasteiger partial charge in [-0.1, -0.05) is 50.2 Å². The molecule has 0 heterocycles. The van der Waals surface area contributed by atoms with Crippen molar-refractivity contribution in [1.82, 2.24) is 5.32 Å². The van der Waals surface area contributed by atoms with Crippen LogP contribution in [0.4, 0.5) is 11.4 Å². The molecule has 2 rings (SSSR count). The van der Waals surface area contributed by atoms with Gasteiger partial charge < -0.3 is 10.6 Å². The molecule has 0 aliphatic heterocycles. The first-order chi connectivity index (χ1) is 12.4. The smallest absolute Gasteiger partial charge is 0.250 e. The fourth-order valence-corrected chi connectivity index (χ4v) is 2.23. The lowest BCUT2D eigenvalue weighted by atomic mass is 10.2. The van der Waals surface area contributed by atoms with Gasteiger partial charge in [0.1, 0.15) is 0 Å². The molecular weight excluding hydrogens is 346 g/mol. The Bertz CT molecular complexity index is 817. The summed E-state index contributed by atoms with van der Waals surface area (Å²) in [5, 5.41) is 8.51. The van der Waals surface area contributed by atoms with Crippen LogP contribution in [-0.2, 0) is 9.59 Å². The molecule has 2 amide bonds. The van der Waals surface area contributed by atoms with E-state index in [2.05, 4.69) is 16.0 Å². The van der Waals surface area contributed by atoms with Crippen molar-refractivity contribution < 1.29 is 9.59 Å². The van der Waals surface area contributed by atoms with Crippen LogP contribution < -0.4 is 16.0 Å². The molecule has 0 aliphatic carbocycles. The van der Waals surface area contributed by atoms with Crippen LogP contribution >= 0.6 is 12.2 Å². The summed E-state index contributed by atoms with van der Waals surface area (Å²) in [6.07, 6.45) is 3.13. The zero-order valence-corrected chi connectivity index (χ0v) is 15.5. The summed E-state index contributed by atoms with van der Waals surface area (Å²) < 4.78 is 0. The Morgan fingerprint density at radius 2 is 1.62 bits per heavy atom. The number of carbonyl (C=O) groups excluding carboxylic acids is 2. The first kappa shape index (κ1) is 19.3. The van der Waals surface area contributed by atoms with Crippen molar-refractivity contribution in [3.05, 3.63) is 66.2 Å². The van der Waals surface area contributed by atoms with E-state index in [1.54, 1.807) is 30.3 Å². The fraction of sp³-hybridized carbons (Fsp3) is 0.150. The van der Waals surface area contributed by atoms with Crippen molar-refractivity contribution in [1.29, 1.82) is 0 Å². The molecule has 0 unspecified atom stereocenters. The molecule has 5 nitrogen and oxygen atoms in total. The van der Waals surface area contributed by atoms with E-state index in [9.17, 15) is 9.59 Å². The number of nitrogens with one attached hydrogen (secondary N) is 3. The van der Waals surface area contributed by atoms with Gasteiger partial charge in [-0.2, -0.15) is 0 Å². The Labute approximate surface area is 158 Å². The highest BCUT2D eigenvalue weighted by Gasteiger charge is 2.08. The van der Waals surface area contributed by atoms with E-state index < -0.39 is 0 Å². The van der Waals surface area contributed by atoms with Crippen LogP contribution in [0, 0.1) is 5.92 Å². The third-order valence-corrected chi connectivity index (χ3v) is 3.58. The molecule has 0 saturated carbocycles. The molecule has 2 aromatic rings. The highest BCUT2D eigenvalue weighted by Crippen LogP contribution is 2.16. The third kappa shape index (κ3) is 6.49. The molecule has 0 bridgehead atoms. The minimum Gasteiger partial charge on any atom is -0.332 e. The lowest BCUT2D eigenvalue weighted by Crippen LogP contribution is -2.32. The Morgan fingerprint density at radius 3 is 2.27 bits per heavy atom. The molecule has 0 saturated heterocycles. The zero-order chi connectivity index (χ0) is 18.9. The fourth-order valence-electron chi connectivity index (χ4n) is 2.01. The molecule has 3 N–H and O–H groups in total. The molecule has 6 heteroatoms. The second-order valence-electron chi connectivity index (χ2n) is 5.91. The number of carbonyl (C=O) groups is 2. The SMILES string of the molecule is CC(C)C(=O)Nc1cccc(NC(=S)NC(=O)/C=C/c2ccccc2)c1. The van der Waals surface area contributed by atoms with Gasteiger partial charge in [-0.15, -0.1) is 0 Å². The summed E-state index contributed by atoms with van der Waals surface area (Å²) in [6.45, 7) is 3.65. The molecule has 0 fully saturated rings. The zero-order valence-electron chi connectivity index (χ0n) is 14.7. The lowest BCUT2D eigenvalue weighted by Gasteiger charge is -2.11. The molecule has 0 atom stereocenters. The monoisotopic (exact) mass is 367 g/mol. The standard InChI is InChI=1S/C20H21N3O2S/c1-14(2)19(25)21-16-9-6-10-17(13-16)22-20(26)23-18(24)12-11-15-7-4-3-5-8-15/h3-14H,1-2H3,(H,21,25)(H2,22,23,24,26)/b12-11+. The van der Waals surface area contributed by atoms with E-state index in [1.165, 1.54) is 6.08 Å². The van der Waals surface area contributed by atoms with Crippen LogP contribution in [-0.4, -0.2) is 16.9 Å². The van der Waals surface area contributed by atoms with Gasteiger partial charge in [0.05, 0.1) is 0 Å². The average molecular weight is 367 g/mol. The minimum absolute atomic E-state index is 0.0657. The minimum atomic E-state index is -0.324. The summed E-state index contributed by atoms with van der Waals surface area (Å²) in [4.78, 5) is 23.7. The molecular formula is C20H21N3O2S. The maximum Gasteiger partial charge on any atom is 0.250 e. The number of amides is 2. The Hall–Kier alpha value is -2.99. The van der Waals surface area contributed by atoms with Crippen molar-refractivity contribution in [2.45, 2.75) is 13.8 Å². The van der Waals surface area contributed by atoms with Crippen molar-refractivity contribution in [3.63, 3.8) is 0 Å². The summed E-state index contributed by atoms with van der Waals surface area (Å²) >= 11 is 5.15. The van der Waals surface area contributed by atoms with Crippen LogP contribution in [0.5, 0.6) is 0 Å². The van der Waals surface area contributed by atoms with Gasteiger partial charge in [-0.25, -0.2) is 0 Å².